The van der Waals surface area contributed by atoms with Crippen molar-refractivity contribution in [1.82, 2.24) is 14.5 Å². The lowest BCUT2D eigenvalue weighted by molar-refractivity contribution is -0.132. The number of thiazole rings is 1. The predicted molar refractivity (Wildman–Crippen MR) is 118 cm³/mol. The monoisotopic (exact) mass is 444 g/mol. The molecule has 9 heteroatoms. The summed E-state index contributed by atoms with van der Waals surface area (Å²) in [5.41, 5.74) is 1.98. The lowest BCUT2D eigenvalue weighted by atomic mass is 10.1. The van der Waals surface area contributed by atoms with Gasteiger partial charge in [-0.3, -0.25) is 9.52 Å². The Labute approximate surface area is 180 Å². The van der Waals surface area contributed by atoms with Crippen LogP contribution >= 0.6 is 11.3 Å². The van der Waals surface area contributed by atoms with Gasteiger partial charge in [0, 0.05) is 36.0 Å². The van der Waals surface area contributed by atoms with Gasteiger partial charge in [0.25, 0.3) is 10.0 Å². The van der Waals surface area contributed by atoms with Crippen molar-refractivity contribution in [1.29, 1.82) is 0 Å². The third kappa shape index (κ3) is 4.57. The summed E-state index contributed by atoms with van der Waals surface area (Å²) in [5, 5.41) is 2.61. The van der Waals surface area contributed by atoms with Gasteiger partial charge in [-0.1, -0.05) is 18.2 Å². The second-order valence-electron chi connectivity index (χ2n) is 7.40. The van der Waals surface area contributed by atoms with E-state index in [-0.39, 0.29) is 17.3 Å². The van der Waals surface area contributed by atoms with Gasteiger partial charge in [-0.05, 0) is 44.4 Å². The molecule has 1 amide bonds. The molecule has 1 aliphatic rings. The van der Waals surface area contributed by atoms with Gasteiger partial charge >= 0.3 is 0 Å². The Kier molecular flexibility index (Phi) is 5.92. The summed E-state index contributed by atoms with van der Waals surface area (Å²) in [6.07, 6.45) is 4.69. The number of rotatable bonds is 6. The van der Waals surface area contributed by atoms with Gasteiger partial charge in [-0.2, -0.15) is 0 Å². The SMILES string of the molecule is Cc1csc(-c2cc(S(=O)(=O)Nc3ccccc3)cn2CC(=O)N2CCCCC2)n1. The number of aryl methyl sites for hydroxylation is 1. The fraction of sp³-hybridized carbons (Fsp3) is 0.333. The van der Waals surface area contributed by atoms with Crippen molar-refractivity contribution in [3.05, 3.63) is 53.7 Å². The van der Waals surface area contributed by atoms with Crippen LogP contribution in [0.1, 0.15) is 25.0 Å². The van der Waals surface area contributed by atoms with Gasteiger partial charge in [0.05, 0.1) is 5.69 Å². The third-order valence-electron chi connectivity index (χ3n) is 5.06. The topological polar surface area (TPSA) is 84.3 Å². The molecule has 158 valence electrons. The molecule has 2 aromatic heterocycles. The second-order valence-corrected chi connectivity index (χ2v) is 9.94. The van der Waals surface area contributed by atoms with Crippen LogP contribution in [0, 0.1) is 6.92 Å². The molecular formula is C21H24N4O3S2. The molecule has 3 aromatic rings. The number of amides is 1. The average Bonchev–Trinajstić information content (AvgIpc) is 3.35. The Hall–Kier alpha value is -2.65. The molecule has 0 bridgehead atoms. The molecule has 3 heterocycles. The molecule has 1 aromatic carbocycles. The highest BCUT2D eigenvalue weighted by Gasteiger charge is 2.23. The van der Waals surface area contributed by atoms with E-state index in [0.29, 0.717) is 16.4 Å². The van der Waals surface area contributed by atoms with Crippen molar-refractivity contribution < 1.29 is 13.2 Å². The fourth-order valence-electron chi connectivity index (χ4n) is 3.52. The summed E-state index contributed by atoms with van der Waals surface area (Å²) in [6.45, 7) is 3.49. The Morgan fingerprint density at radius 2 is 1.90 bits per heavy atom. The normalized spacial score (nSPS) is 14.6. The number of anilines is 1. The molecule has 4 rings (SSSR count). The highest BCUT2D eigenvalue weighted by Crippen LogP contribution is 2.29. The second kappa shape index (κ2) is 8.61. The highest BCUT2D eigenvalue weighted by atomic mass is 32.2. The number of hydrogen-bond donors (Lipinski definition) is 1. The zero-order valence-electron chi connectivity index (χ0n) is 16.7. The lowest BCUT2D eigenvalue weighted by Gasteiger charge is -2.27. The van der Waals surface area contributed by atoms with Gasteiger partial charge in [-0.25, -0.2) is 13.4 Å². The number of likely N-dealkylation sites (tertiary alicyclic amines) is 1. The maximum atomic E-state index is 13.0. The number of hydrogen-bond acceptors (Lipinski definition) is 5. The van der Waals surface area contributed by atoms with Crippen molar-refractivity contribution >= 4 is 33.0 Å². The quantitative estimate of drug-likeness (QED) is 0.628. The van der Waals surface area contributed by atoms with Gasteiger partial charge in [0.2, 0.25) is 5.91 Å². The van der Waals surface area contributed by atoms with Gasteiger partial charge in [0.15, 0.2) is 0 Å². The number of carbonyl (C=O) groups is 1. The Morgan fingerprint density at radius 3 is 2.57 bits per heavy atom. The molecular weight excluding hydrogens is 420 g/mol. The number of aromatic nitrogens is 2. The Morgan fingerprint density at radius 1 is 1.17 bits per heavy atom. The van der Waals surface area contributed by atoms with Crippen molar-refractivity contribution in [2.45, 2.75) is 37.6 Å². The molecule has 0 spiro atoms. The fourth-order valence-corrected chi connectivity index (χ4v) is 5.45. The van der Waals surface area contributed by atoms with Crippen LogP contribution in [-0.2, 0) is 21.4 Å². The van der Waals surface area contributed by atoms with Crippen molar-refractivity contribution in [3.8, 4) is 10.7 Å². The summed E-state index contributed by atoms with van der Waals surface area (Å²) in [5.74, 6) is -0.000190. The van der Waals surface area contributed by atoms with Crippen LogP contribution in [0.15, 0.2) is 52.9 Å². The Balaban J connectivity index is 1.66. The summed E-state index contributed by atoms with van der Waals surface area (Å²) >= 11 is 1.44. The van der Waals surface area contributed by atoms with Crippen LogP contribution in [-0.4, -0.2) is 41.9 Å². The van der Waals surface area contributed by atoms with E-state index in [1.807, 2.05) is 23.3 Å². The van der Waals surface area contributed by atoms with Crippen LogP contribution in [0.4, 0.5) is 5.69 Å². The minimum Gasteiger partial charge on any atom is -0.341 e. The van der Waals surface area contributed by atoms with E-state index in [1.165, 1.54) is 17.5 Å². The minimum absolute atomic E-state index is 0.000190. The number of nitrogens with one attached hydrogen (secondary N) is 1. The van der Waals surface area contributed by atoms with E-state index in [4.69, 9.17) is 0 Å². The van der Waals surface area contributed by atoms with Crippen LogP contribution in [0.3, 0.4) is 0 Å². The molecule has 0 saturated carbocycles. The van der Waals surface area contributed by atoms with E-state index in [1.54, 1.807) is 34.9 Å². The first-order valence-electron chi connectivity index (χ1n) is 9.91. The lowest BCUT2D eigenvalue weighted by Crippen LogP contribution is -2.37. The van der Waals surface area contributed by atoms with E-state index < -0.39 is 10.0 Å². The molecule has 1 N–H and O–H groups in total. The molecule has 0 unspecified atom stereocenters. The van der Waals surface area contributed by atoms with Crippen LogP contribution in [0.5, 0.6) is 0 Å². The maximum absolute atomic E-state index is 13.0. The Bertz CT molecular complexity index is 1130. The molecule has 1 aliphatic heterocycles. The summed E-state index contributed by atoms with van der Waals surface area (Å²) in [6, 6.07) is 10.3. The largest absolute Gasteiger partial charge is 0.341 e. The zero-order chi connectivity index (χ0) is 21.1. The molecule has 0 aliphatic carbocycles. The predicted octanol–water partition coefficient (Wildman–Crippen LogP) is 3.73. The van der Waals surface area contributed by atoms with Crippen molar-refractivity contribution in [2.24, 2.45) is 0 Å². The van der Waals surface area contributed by atoms with Gasteiger partial charge in [0.1, 0.15) is 16.4 Å². The van der Waals surface area contributed by atoms with Gasteiger partial charge < -0.3 is 9.47 Å². The number of para-hydroxylation sites is 1. The number of sulfonamides is 1. The number of carbonyl (C=O) groups excluding carboxylic acids is 1. The third-order valence-corrected chi connectivity index (χ3v) is 7.39. The molecule has 7 nitrogen and oxygen atoms in total. The summed E-state index contributed by atoms with van der Waals surface area (Å²) in [7, 11) is -3.80. The standard InChI is InChI=1S/C21H24N4O3S2/c1-16-15-29-21(22-16)19-12-18(30(27,28)23-17-8-4-2-5-9-17)13-25(19)14-20(26)24-10-6-3-7-11-24/h2,4-5,8-9,12-13,15,23H,3,6-7,10-11,14H2,1H3. The molecule has 0 radical (unpaired) electrons. The van der Waals surface area contributed by atoms with E-state index in [2.05, 4.69) is 9.71 Å². The first-order chi connectivity index (χ1) is 14.4. The number of benzene rings is 1. The molecule has 30 heavy (non-hydrogen) atoms. The van der Waals surface area contributed by atoms with E-state index in [9.17, 15) is 13.2 Å². The van der Waals surface area contributed by atoms with Crippen LogP contribution in [0.25, 0.3) is 10.7 Å². The van der Waals surface area contributed by atoms with Crippen LogP contribution in [0.2, 0.25) is 0 Å². The number of nitrogens with zero attached hydrogens (tertiary/aromatic N) is 3. The zero-order valence-corrected chi connectivity index (χ0v) is 18.4. The minimum atomic E-state index is -3.80. The first-order valence-corrected chi connectivity index (χ1v) is 12.3. The van der Waals surface area contributed by atoms with Crippen LogP contribution < -0.4 is 4.72 Å². The molecule has 0 atom stereocenters. The highest BCUT2D eigenvalue weighted by molar-refractivity contribution is 7.92. The number of piperidine rings is 1. The van der Waals surface area contributed by atoms with Gasteiger partial charge in [-0.15, -0.1) is 11.3 Å². The average molecular weight is 445 g/mol. The smallest absolute Gasteiger partial charge is 0.263 e. The van der Waals surface area contributed by atoms with Crippen molar-refractivity contribution in [2.75, 3.05) is 17.8 Å². The van der Waals surface area contributed by atoms with E-state index >= 15 is 0 Å². The molecule has 1 saturated heterocycles. The first kappa shape index (κ1) is 20.6. The van der Waals surface area contributed by atoms with E-state index in [0.717, 1.165) is 38.0 Å². The summed E-state index contributed by atoms with van der Waals surface area (Å²) in [4.78, 5) is 19.3. The summed E-state index contributed by atoms with van der Waals surface area (Å²) < 4.78 is 30.2. The molecule has 1 fully saturated rings. The van der Waals surface area contributed by atoms with Crippen molar-refractivity contribution in [3.63, 3.8) is 0 Å². The maximum Gasteiger partial charge on any atom is 0.263 e.